The number of nitrogens with one attached hydrogen (secondary N) is 1. The van der Waals surface area contributed by atoms with E-state index in [0.717, 1.165) is 0 Å². The molecular formula is C11H18F3N3O2. The Bertz CT molecular complexity index is 390. The molecule has 1 heterocycles. The number of carbonyl (C=O) groups excluding carboxylic acids is 1. The van der Waals surface area contributed by atoms with E-state index in [2.05, 4.69) is 0 Å². The molecule has 3 N–H and O–H groups in total. The Morgan fingerprint density at radius 1 is 1.37 bits per heavy atom. The lowest BCUT2D eigenvalue weighted by molar-refractivity contribution is -0.195. The number of amides is 1. The number of halogens is 3. The lowest BCUT2D eigenvalue weighted by atomic mass is 9.94. The fourth-order valence-corrected chi connectivity index (χ4v) is 2.11. The van der Waals surface area contributed by atoms with Gasteiger partial charge in [0.05, 0.1) is 0 Å². The molecule has 1 rings (SSSR count). The molecule has 0 aliphatic carbocycles. The third kappa shape index (κ3) is 2.76. The number of nitrogens with two attached hydrogens (primary N) is 1. The van der Waals surface area contributed by atoms with Gasteiger partial charge in [-0.25, -0.2) is 4.79 Å². The smallest absolute Gasteiger partial charge is 0.419 e. The average molecular weight is 281 g/mol. The van der Waals surface area contributed by atoms with E-state index in [1.165, 1.54) is 0 Å². The predicted molar refractivity (Wildman–Crippen MR) is 62.9 cm³/mol. The number of carbonyl (C=O) groups is 1. The molecule has 0 aromatic carbocycles. The first-order valence-corrected chi connectivity index (χ1v) is 5.83. The van der Waals surface area contributed by atoms with Gasteiger partial charge < -0.3 is 10.5 Å². The lowest BCUT2D eigenvalue weighted by Gasteiger charge is -2.39. The van der Waals surface area contributed by atoms with E-state index in [4.69, 9.17) is 15.9 Å². The number of alkyl halides is 3. The maximum atomic E-state index is 13.2. The molecule has 0 aromatic rings. The highest BCUT2D eigenvalue weighted by molar-refractivity contribution is 5.92. The molecule has 0 bridgehead atoms. The van der Waals surface area contributed by atoms with Gasteiger partial charge in [-0.3, -0.25) is 10.3 Å². The SMILES string of the molecule is CC(C)(C)OC(=O)N1CCC[C@]1(C(=N)N)C(F)(F)F. The molecule has 0 saturated carbocycles. The molecule has 1 saturated heterocycles. The molecule has 5 nitrogen and oxygen atoms in total. The second kappa shape index (κ2) is 4.57. The minimum absolute atomic E-state index is 0.123. The summed E-state index contributed by atoms with van der Waals surface area (Å²) < 4.78 is 44.7. The van der Waals surface area contributed by atoms with Gasteiger partial charge >= 0.3 is 12.3 Å². The number of hydrogen-bond acceptors (Lipinski definition) is 3. The number of amidine groups is 1. The molecule has 0 unspecified atom stereocenters. The molecule has 0 aromatic heterocycles. The normalized spacial score (nSPS) is 24.4. The molecular weight excluding hydrogens is 263 g/mol. The van der Waals surface area contributed by atoms with Crippen molar-refractivity contribution in [3.63, 3.8) is 0 Å². The third-order valence-corrected chi connectivity index (χ3v) is 2.91. The van der Waals surface area contributed by atoms with Gasteiger partial charge in [-0.15, -0.1) is 0 Å². The molecule has 0 radical (unpaired) electrons. The Hall–Kier alpha value is -1.47. The summed E-state index contributed by atoms with van der Waals surface area (Å²) >= 11 is 0. The van der Waals surface area contributed by atoms with Gasteiger partial charge in [0.2, 0.25) is 0 Å². The Balaban J connectivity index is 3.12. The number of likely N-dealkylation sites (tertiary alicyclic amines) is 1. The largest absolute Gasteiger partial charge is 0.444 e. The van der Waals surface area contributed by atoms with E-state index in [1.54, 1.807) is 20.8 Å². The first-order chi connectivity index (χ1) is 8.42. The second-order valence-electron chi connectivity index (χ2n) is 5.51. The summed E-state index contributed by atoms with van der Waals surface area (Å²) in [7, 11) is 0. The zero-order chi connectivity index (χ0) is 15.1. The summed E-state index contributed by atoms with van der Waals surface area (Å²) in [6.45, 7) is 4.55. The maximum Gasteiger partial charge on any atom is 0.419 e. The summed E-state index contributed by atoms with van der Waals surface area (Å²) in [5, 5.41) is 7.26. The first-order valence-electron chi connectivity index (χ1n) is 5.83. The van der Waals surface area contributed by atoms with E-state index in [-0.39, 0.29) is 13.0 Å². The molecule has 110 valence electrons. The van der Waals surface area contributed by atoms with Crippen LogP contribution in [0.4, 0.5) is 18.0 Å². The Labute approximate surface area is 109 Å². The molecule has 8 heteroatoms. The van der Waals surface area contributed by atoms with Crippen molar-refractivity contribution in [1.82, 2.24) is 4.90 Å². The highest BCUT2D eigenvalue weighted by Crippen LogP contribution is 2.43. The molecule has 1 aliphatic rings. The highest BCUT2D eigenvalue weighted by Gasteiger charge is 2.65. The van der Waals surface area contributed by atoms with Gasteiger partial charge in [-0.05, 0) is 33.6 Å². The van der Waals surface area contributed by atoms with E-state index >= 15 is 0 Å². The van der Waals surface area contributed by atoms with Crippen molar-refractivity contribution in [2.75, 3.05) is 6.54 Å². The van der Waals surface area contributed by atoms with Gasteiger partial charge in [-0.1, -0.05) is 0 Å². The summed E-state index contributed by atoms with van der Waals surface area (Å²) in [6.07, 6.45) is -6.19. The van der Waals surface area contributed by atoms with Crippen molar-refractivity contribution in [1.29, 1.82) is 5.41 Å². The molecule has 19 heavy (non-hydrogen) atoms. The summed E-state index contributed by atoms with van der Waals surface area (Å²) in [4.78, 5) is 12.4. The third-order valence-electron chi connectivity index (χ3n) is 2.91. The molecule has 1 atom stereocenters. The fourth-order valence-electron chi connectivity index (χ4n) is 2.11. The van der Waals surface area contributed by atoms with E-state index < -0.39 is 35.7 Å². The monoisotopic (exact) mass is 281 g/mol. The number of nitrogens with zero attached hydrogens (tertiary/aromatic N) is 1. The van der Waals surface area contributed by atoms with Gasteiger partial charge in [-0.2, -0.15) is 13.2 Å². The fraction of sp³-hybridized carbons (Fsp3) is 0.818. The minimum atomic E-state index is -4.80. The van der Waals surface area contributed by atoms with Crippen LogP contribution in [0.3, 0.4) is 0 Å². The molecule has 1 amide bonds. The van der Waals surface area contributed by atoms with Crippen molar-refractivity contribution in [2.24, 2.45) is 5.73 Å². The van der Waals surface area contributed by atoms with Crippen molar-refractivity contribution in [3.05, 3.63) is 0 Å². The van der Waals surface area contributed by atoms with E-state index in [1.807, 2.05) is 0 Å². The van der Waals surface area contributed by atoms with Crippen molar-refractivity contribution in [2.45, 2.75) is 50.9 Å². The van der Waals surface area contributed by atoms with Gasteiger partial charge in [0.15, 0.2) is 5.54 Å². The van der Waals surface area contributed by atoms with Gasteiger partial charge in [0.25, 0.3) is 0 Å². The zero-order valence-electron chi connectivity index (χ0n) is 11.1. The predicted octanol–water partition coefficient (Wildman–Crippen LogP) is 2.25. The summed E-state index contributed by atoms with van der Waals surface area (Å²) in [5.74, 6) is -1.08. The van der Waals surface area contributed by atoms with Crippen LogP contribution in [0.5, 0.6) is 0 Å². The second-order valence-corrected chi connectivity index (χ2v) is 5.51. The van der Waals surface area contributed by atoms with Crippen LogP contribution in [-0.2, 0) is 4.74 Å². The minimum Gasteiger partial charge on any atom is -0.444 e. The Kier molecular flexibility index (Phi) is 3.75. The standard InChI is InChI=1S/C11H18F3N3O2/c1-9(2,3)19-8(18)17-6-4-5-10(17,7(15)16)11(12,13)14/h4-6H2,1-3H3,(H3,15,16)/t10-/m0/s1. The maximum absolute atomic E-state index is 13.2. The summed E-state index contributed by atoms with van der Waals surface area (Å²) in [5.41, 5.74) is 1.47. The van der Waals surface area contributed by atoms with E-state index in [9.17, 15) is 18.0 Å². The average Bonchev–Trinajstić information content (AvgIpc) is 2.57. The van der Waals surface area contributed by atoms with Crippen LogP contribution in [0.25, 0.3) is 0 Å². The quantitative estimate of drug-likeness (QED) is 0.571. The van der Waals surface area contributed by atoms with Crippen molar-refractivity contribution >= 4 is 11.9 Å². The van der Waals surface area contributed by atoms with Gasteiger partial charge in [0, 0.05) is 6.54 Å². The Morgan fingerprint density at radius 3 is 2.26 bits per heavy atom. The van der Waals surface area contributed by atoms with Crippen LogP contribution in [0, 0.1) is 5.41 Å². The molecule has 1 fully saturated rings. The first kappa shape index (κ1) is 15.6. The zero-order valence-corrected chi connectivity index (χ0v) is 11.1. The molecule has 1 aliphatic heterocycles. The van der Waals surface area contributed by atoms with E-state index in [0.29, 0.717) is 4.90 Å². The van der Waals surface area contributed by atoms with Crippen LogP contribution in [-0.4, -0.2) is 40.7 Å². The number of rotatable bonds is 1. The Morgan fingerprint density at radius 2 is 1.89 bits per heavy atom. The number of ether oxygens (including phenoxy) is 1. The van der Waals surface area contributed by atoms with Crippen LogP contribution in [0.2, 0.25) is 0 Å². The molecule has 0 spiro atoms. The topological polar surface area (TPSA) is 79.4 Å². The van der Waals surface area contributed by atoms with Gasteiger partial charge in [0.1, 0.15) is 11.4 Å². The van der Waals surface area contributed by atoms with Crippen LogP contribution < -0.4 is 5.73 Å². The van der Waals surface area contributed by atoms with Crippen molar-refractivity contribution < 1.29 is 22.7 Å². The lowest BCUT2D eigenvalue weighted by Crippen LogP contribution is -2.64. The number of hydrogen-bond donors (Lipinski definition) is 2. The summed E-state index contributed by atoms with van der Waals surface area (Å²) in [6, 6.07) is 0. The van der Waals surface area contributed by atoms with Crippen LogP contribution in [0.1, 0.15) is 33.6 Å². The van der Waals surface area contributed by atoms with Crippen LogP contribution >= 0.6 is 0 Å². The highest BCUT2D eigenvalue weighted by atomic mass is 19.4. The van der Waals surface area contributed by atoms with Crippen molar-refractivity contribution in [3.8, 4) is 0 Å². The van der Waals surface area contributed by atoms with Crippen LogP contribution in [0.15, 0.2) is 0 Å².